The molecule has 1 N–H and O–H groups in total. The molecule has 0 aromatic heterocycles. The Morgan fingerprint density at radius 1 is 0.935 bits per heavy atom. The number of sulfonamides is 1. The van der Waals surface area contributed by atoms with Gasteiger partial charge in [0.2, 0.25) is 15.9 Å². The molecule has 5 nitrogen and oxygen atoms in total. The summed E-state index contributed by atoms with van der Waals surface area (Å²) in [6.07, 6.45) is 0. The summed E-state index contributed by atoms with van der Waals surface area (Å²) in [6, 6.07) is 20.1. The zero-order valence-corrected chi connectivity index (χ0v) is 20.1. The minimum atomic E-state index is -3.91. The van der Waals surface area contributed by atoms with Crippen LogP contribution in [0.2, 0.25) is 0 Å². The highest BCUT2D eigenvalue weighted by Gasteiger charge is 2.30. The van der Waals surface area contributed by atoms with Crippen LogP contribution in [-0.4, -0.2) is 25.2 Å². The molecule has 7 heteroatoms. The third kappa shape index (κ3) is 5.81. The van der Waals surface area contributed by atoms with E-state index in [9.17, 15) is 13.2 Å². The maximum Gasteiger partial charge on any atom is 0.244 e. The second kappa shape index (κ2) is 9.77. The number of benzene rings is 3. The Labute approximate surface area is 192 Å². The fourth-order valence-electron chi connectivity index (χ4n) is 3.61. The topological polar surface area (TPSA) is 66.5 Å². The fourth-order valence-corrected chi connectivity index (χ4v) is 5.67. The second-order valence-electron chi connectivity index (χ2n) is 7.54. The Hall–Kier alpha value is -2.48. The van der Waals surface area contributed by atoms with Gasteiger partial charge in [-0.2, -0.15) is 4.31 Å². The van der Waals surface area contributed by atoms with Gasteiger partial charge in [0.05, 0.1) is 11.4 Å². The van der Waals surface area contributed by atoms with Crippen LogP contribution < -0.4 is 5.32 Å². The van der Waals surface area contributed by atoms with E-state index in [1.165, 1.54) is 4.31 Å². The summed E-state index contributed by atoms with van der Waals surface area (Å²) in [5, 5.41) is 2.78. The minimum absolute atomic E-state index is 0.101. The normalized spacial score (nSPS) is 11.5. The van der Waals surface area contributed by atoms with Crippen LogP contribution in [0.25, 0.3) is 0 Å². The molecule has 0 fully saturated rings. The largest absolute Gasteiger partial charge is 0.325 e. The van der Waals surface area contributed by atoms with E-state index in [0.29, 0.717) is 16.8 Å². The number of halogens is 1. The maximum absolute atomic E-state index is 13.7. The lowest BCUT2D eigenvalue weighted by molar-refractivity contribution is -0.116. The van der Waals surface area contributed by atoms with Crippen molar-refractivity contribution in [2.75, 3.05) is 11.9 Å². The lowest BCUT2D eigenvalue weighted by atomic mass is 10.1. The molecule has 0 spiro atoms. The zero-order valence-electron chi connectivity index (χ0n) is 17.7. The van der Waals surface area contributed by atoms with Gasteiger partial charge in [-0.15, -0.1) is 0 Å². The SMILES string of the molecule is Cc1cc(C)c(S(=O)(=O)N(CC(=O)Nc2ccc(Br)cc2)Cc2ccccc2)c(C)c1. The van der Waals surface area contributed by atoms with Gasteiger partial charge in [0.15, 0.2) is 0 Å². The summed E-state index contributed by atoms with van der Waals surface area (Å²) in [5.74, 6) is -0.399. The average molecular weight is 501 g/mol. The van der Waals surface area contributed by atoms with Gasteiger partial charge in [0.1, 0.15) is 0 Å². The molecule has 0 bridgehead atoms. The second-order valence-corrected chi connectivity index (χ2v) is 10.3. The van der Waals surface area contributed by atoms with Crippen LogP contribution in [0.15, 0.2) is 76.1 Å². The van der Waals surface area contributed by atoms with Crippen molar-refractivity contribution in [2.45, 2.75) is 32.2 Å². The van der Waals surface area contributed by atoms with Crippen molar-refractivity contribution in [3.05, 3.63) is 93.5 Å². The van der Waals surface area contributed by atoms with Gasteiger partial charge in [-0.05, 0) is 61.7 Å². The number of hydrogen-bond donors (Lipinski definition) is 1. The summed E-state index contributed by atoms with van der Waals surface area (Å²) >= 11 is 3.36. The molecule has 3 rings (SSSR count). The lowest BCUT2D eigenvalue weighted by Crippen LogP contribution is -2.38. The van der Waals surface area contributed by atoms with Crippen LogP contribution >= 0.6 is 15.9 Å². The molecule has 0 aliphatic carbocycles. The molecule has 0 radical (unpaired) electrons. The first-order valence-corrected chi connectivity index (χ1v) is 12.1. The fraction of sp³-hybridized carbons (Fsp3) is 0.208. The van der Waals surface area contributed by atoms with E-state index in [2.05, 4.69) is 21.2 Å². The molecule has 31 heavy (non-hydrogen) atoms. The molecule has 0 unspecified atom stereocenters. The molecule has 0 aliphatic heterocycles. The molecule has 0 saturated carbocycles. The highest BCUT2D eigenvalue weighted by Crippen LogP contribution is 2.26. The van der Waals surface area contributed by atoms with Crippen molar-refractivity contribution < 1.29 is 13.2 Å². The number of nitrogens with one attached hydrogen (secondary N) is 1. The van der Waals surface area contributed by atoms with Crippen LogP contribution in [0, 0.1) is 20.8 Å². The van der Waals surface area contributed by atoms with Crippen molar-refractivity contribution in [2.24, 2.45) is 0 Å². The standard InChI is InChI=1S/C24H25BrN2O3S/c1-17-13-18(2)24(19(3)14-17)31(29,30)27(15-20-7-5-4-6-8-20)16-23(28)26-22-11-9-21(25)10-12-22/h4-14H,15-16H2,1-3H3,(H,26,28). The van der Waals surface area contributed by atoms with Crippen LogP contribution in [0.3, 0.4) is 0 Å². The Balaban J connectivity index is 1.94. The van der Waals surface area contributed by atoms with Gasteiger partial charge < -0.3 is 5.32 Å². The summed E-state index contributed by atoms with van der Waals surface area (Å²) in [4.78, 5) is 13.0. The molecule has 1 amide bonds. The first-order valence-electron chi connectivity index (χ1n) is 9.84. The predicted octanol–water partition coefficient (Wildman–Crippen LogP) is 5.20. The highest BCUT2D eigenvalue weighted by atomic mass is 79.9. The number of hydrogen-bond acceptors (Lipinski definition) is 3. The van der Waals surface area contributed by atoms with Gasteiger partial charge in [0.25, 0.3) is 0 Å². The van der Waals surface area contributed by atoms with Gasteiger partial charge >= 0.3 is 0 Å². The summed E-state index contributed by atoms with van der Waals surface area (Å²) < 4.78 is 29.5. The smallest absolute Gasteiger partial charge is 0.244 e. The molecule has 0 atom stereocenters. The Morgan fingerprint density at radius 2 is 1.52 bits per heavy atom. The molecule has 0 heterocycles. The Kier molecular flexibility index (Phi) is 7.30. The number of nitrogens with zero attached hydrogens (tertiary/aromatic N) is 1. The molecule has 162 valence electrons. The van der Waals surface area contributed by atoms with Gasteiger partial charge in [-0.1, -0.05) is 64.0 Å². The van der Waals surface area contributed by atoms with Gasteiger partial charge in [-0.25, -0.2) is 8.42 Å². The minimum Gasteiger partial charge on any atom is -0.325 e. The number of carbonyl (C=O) groups is 1. The third-order valence-corrected chi connectivity index (χ3v) is 7.48. The Bertz CT molecular complexity index is 1150. The number of aryl methyl sites for hydroxylation is 3. The first-order chi connectivity index (χ1) is 14.7. The van der Waals surface area contributed by atoms with Crippen molar-refractivity contribution in [3.63, 3.8) is 0 Å². The average Bonchev–Trinajstić information content (AvgIpc) is 2.69. The number of rotatable bonds is 7. The quantitative estimate of drug-likeness (QED) is 0.484. The van der Waals surface area contributed by atoms with Crippen molar-refractivity contribution in [1.29, 1.82) is 0 Å². The zero-order chi connectivity index (χ0) is 22.6. The van der Waals surface area contributed by atoms with E-state index in [-0.39, 0.29) is 18.0 Å². The maximum atomic E-state index is 13.7. The summed E-state index contributed by atoms with van der Waals surface area (Å²) in [5.41, 5.74) is 3.75. The van der Waals surface area contributed by atoms with Crippen LogP contribution in [0.5, 0.6) is 0 Å². The van der Waals surface area contributed by atoms with Crippen LogP contribution in [0.4, 0.5) is 5.69 Å². The summed E-state index contributed by atoms with van der Waals surface area (Å²) in [6.45, 7) is 5.32. The third-order valence-electron chi connectivity index (χ3n) is 4.85. The molecule has 3 aromatic rings. The van der Waals surface area contributed by atoms with E-state index in [0.717, 1.165) is 15.6 Å². The monoisotopic (exact) mass is 500 g/mol. The van der Waals surface area contributed by atoms with Crippen molar-refractivity contribution >= 4 is 37.5 Å². The molecular formula is C24H25BrN2O3S. The first kappa shape index (κ1) is 23.2. The number of amides is 1. The van der Waals surface area contributed by atoms with Crippen LogP contribution in [-0.2, 0) is 21.4 Å². The van der Waals surface area contributed by atoms with Crippen molar-refractivity contribution in [3.8, 4) is 0 Å². The van der Waals surface area contributed by atoms with E-state index in [1.54, 1.807) is 26.0 Å². The van der Waals surface area contributed by atoms with E-state index in [1.807, 2.05) is 61.5 Å². The van der Waals surface area contributed by atoms with E-state index in [4.69, 9.17) is 0 Å². The van der Waals surface area contributed by atoms with Gasteiger partial charge in [-0.3, -0.25) is 4.79 Å². The molecule has 3 aromatic carbocycles. The molecule has 0 saturated heterocycles. The van der Waals surface area contributed by atoms with Crippen LogP contribution in [0.1, 0.15) is 22.3 Å². The van der Waals surface area contributed by atoms with E-state index < -0.39 is 15.9 Å². The number of anilines is 1. The Morgan fingerprint density at radius 3 is 2.10 bits per heavy atom. The molecule has 0 aliphatic rings. The van der Waals surface area contributed by atoms with Gasteiger partial charge in [0, 0.05) is 16.7 Å². The molecular weight excluding hydrogens is 476 g/mol. The summed E-state index contributed by atoms with van der Waals surface area (Å²) in [7, 11) is -3.91. The highest BCUT2D eigenvalue weighted by molar-refractivity contribution is 9.10. The van der Waals surface area contributed by atoms with Crippen molar-refractivity contribution in [1.82, 2.24) is 4.31 Å². The lowest BCUT2D eigenvalue weighted by Gasteiger charge is -2.24. The number of carbonyl (C=O) groups excluding carboxylic acids is 1. The predicted molar refractivity (Wildman–Crippen MR) is 127 cm³/mol. The van der Waals surface area contributed by atoms with E-state index >= 15 is 0 Å².